The zero-order valence-corrected chi connectivity index (χ0v) is 14.9. The lowest BCUT2D eigenvalue weighted by Crippen LogP contribution is -2.06. The van der Waals surface area contributed by atoms with E-state index in [-0.39, 0.29) is 35.8 Å². The van der Waals surface area contributed by atoms with Gasteiger partial charge in [-0.3, -0.25) is 0 Å². The second-order valence-corrected chi connectivity index (χ2v) is 6.07. The third-order valence-corrected chi connectivity index (χ3v) is 3.93. The number of carbonyl (C=O) groups excluding carboxylic acids is 2. The van der Waals surface area contributed by atoms with E-state index >= 15 is 0 Å². The van der Waals surface area contributed by atoms with E-state index in [2.05, 4.69) is 0 Å². The van der Waals surface area contributed by atoms with Crippen molar-refractivity contribution >= 4 is 11.9 Å². The van der Waals surface area contributed by atoms with Crippen LogP contribution in [0.4, 0.5) is 0 Å². The number of phenols is 2. The molecular weight excluding hydrogens is 360 g/mol. The minimum absolute atomic E-state index is 0.000865. The maximum atomic E-state index is 12.0. The summed E-state index contributed by atoms with van der Waals surface area (Å²) in [6.45, 7) is 0.162. The first kappa shape index (κ1) is 19.0. The van der Waals surface area contributed by atoms with Crippen molar-refractivity contribution in [3.05, 3.63) is 95.1 Å². The van der Waals surface area contributed by atoms with E-state index in [0.717, 1.165) is 11.1 Å². The summed E-state index contributed by atoms with van der Waals surface area (Å²) in [6.07, 6.45) is 0. The average Bonchev–Trinajstić information content (AvgIpc) is 2.71. The minimum atomic E-state index is -0.528. The van der Waals surface area contributed by atoms with Crippen molar-refractivity contribution in [2.45, 2.75) is 13.2 Å². The standard InChI is InChI=1S/C22H18O6/c23-19-5-1-3-17(11-19)21(25)27-13-15-7-9-16(10-8-15)14-28-22(26)18-4-2-6-20(24)12-18/h1-12,23-24H,13-14H2. The van der Waals surface area contributed by atoms with Crippen molar-refractivity contribution in [3.63, 3.8) is 0 Å². The van der Waals surface area contributed by atoms with Gasteiger partial charge in [-0.1, -0.05) is 36.4 Å². The summed E-state index contributed by atoms with van der Waals surface area (Å²) in [5.74, 6) is -1.06. The highest BCUT2D eigenvalue weighted by Crippen LogP contribution is 2.15. The van der Waals surface area contributed by atoms with Crippen LogP contribution in [0.15, 0.2) is 72.8 Å². The van der Waals surface area contributed by atoms with E-state index in [0.29, 0.717) is 0 Å². The Labute approximate surface area is 161 Å². The number of ether oxygens (including phenoxy) is 2. The van der Waals surface area contributed by atoms with Gasteiger partial charge in [0.1, 0.15) is 24.7 Å². The maximum Gasteiger partial charge on any atom is 0.338 e. The van der Waals surface area contributed by atoms with Gasteiger partial charge in [-0.2, -0.15) is 0 Å². The molecule has 0 unspecified atom stereocenters. The second kappa shape index (κ2) is 8.73. The molecule has 0 fully saturated rings. The second-order valence-electron chi connectivity index (χ2n) is 6.07. The van der Waals surface area contributed by atoms with Crippen molar-refractivity contribution in [2.24, 2.45) is 0 Å². The van der Waals surface area contributed by atoms with E-state index < -0.39 is 11.9 Å². The van der Waals surface area contributed by atoms with Crippen molar-refractivity contribution < 1.29 is 29.3 Å². The van der Waals surface area contributed by atoms with Gasteiger partial charge in [0.25, 0.3) is 0 Å². The van der Waals surface area contributed by atoms with Gasteiger partial charge in [-0.15, -0.1) is 0 Å². The fourth-order valence-electron chi connectivity index (χ4n) is 2.46. The zero-order chi connectivity index (χ0) is 19.9. The summed E-state index contributed by atoms with van der Waals surface area (Å²) < 4.78 is 10.4. The summed E-state index contributed by atoms with van der Waals surface area (Å²) >= 11 is 0. The Morgan fingerprint density at radius 1 is 0.643 bits per heavy atom. The molecule has 0 spiro atoms. The molecule has 0 bridgehead atoms. The molecule has 3 rings (SSSR count). The summed E-state index contributed by atoms with van der Waals surface area (Å²) in [5, 5.41) is 18.8. The molecule has 0 amide bonds. The number of aromatic hydroxyl groups is 2. The van der Waals surface area contributed by atoms with E-state index in [9.17, 15) is 19.8 Å². The van der Waals surface area contributed by atoms with Crippen LogP contribution >= 0.6 is 0 Å². The minimum Gasteiger partial charge on any atom is -0.508 e. The zero-order valence-electron chi connectivity index (χ0n) is 14.9. The van der Waals surface area contributed by atoms with Crippen LogP contribution in [0.25, 0.3) is 0 Å². The van der Waals surface area contributed by atoms with Crippen LogP contribution in [-0.2, 0) is 22.7 Å². The average molecular weight is 378 g/mol. The normalized spacial score (nSPS) is 10.3. The number of phenolic OH excluding ortho intramolecular Hbond substituents is 2. The van der Waals surface area contributed by atoms with Crippen molar-refractivity contribution in [1.29, 1.82) is 0 Å². The van der Waals surface area contributed by atoms with E-state index in [1.165, 1.54) is 24.3 Å². The van der Waals surface area contributed by atoms with Gasteiger partial charge in [-0.25, -0.2) is 9.59 Å². The fraction of sp³-hybridized carbons (Fsp3) is 0.0909. The van der Waals surface area contributed by atoms with E-state index in [4.69, 9.17) is 9.47 Å². The predicted molar refractivity (Wildman–Crippen MR) is 101 cm³/mol. The lowest BCUT2D eigenvalue weighted by Gasteiger charge is -2.08. The summed E-state index contributed by atoms with van der Waals surface area (Å²) in [7, 11) is 0. The molecule has 0 aliphatic heterocycles. The summed E-state index contributed by atoms with van der Waals surface area (Å²) in [4.78, 5) is 23.9. The third kappa shape index (κ3) is 5.11. The highest BCUT2D eigenvalue weighted by Gasteiger charge is 2.09. The molecule has 0 aromatic heterocycles. The van der Waals surface area contributed by atoms with Crippen molar-refractivity contribution in [1.82, 2.24) is 0 Å². The topological polar surface area (TPSA) is 93.1 Å². The smallest absolute Gasteiger partial charge is 0.338 e. The van der Waals surface area contributed by atoms with Gasteiger partial charge < -0.3 is 19.7 Å². The van der Waals surface area contributed by atoms with Gasteiger partial charge in [0.15, 0.2) is 0 Å². The van der Waals surface area contributed by atoms with E-state index in [1.54, 1.807) is 48.5 Å². The molecule has 142 valence electrons. The molecule has 0 aliphatic rings. The number of rotatable bonds is 6. The van der Waals surface area contributed by atoms with Gasteiger partial charge >= 0.3 is 11.9 Å². The van der Waals surface area contributed by atoms with Gasteiger partial charge in [-0.05, 0) is 47.5 Å². The molecule has 2 N–H and O–H groups in total. The molecular formula is C22H18O6. The van der Waals surface area contributed by atoms with Crippen molar-refractivity contribution in [2.75, 3.05) is 0 Å². The van der Waals surface area contributed by atoms with Crippen LogP contribution in [0, 0.1) is 0 Å². The number of carbonyl (C=O) groups is 2. The fourth-order valence-corrected chi connectivity index (χ4v) is 2.46. The molecule has 3 aromatic rings. The first-order valence-electron chi connectivity index (χ1n) is 8.51. The molecule has 3 aromatic carbocycles. The SMILES string of the molecule is O=C(OCc1ccc(COC(=O)c2cccc(O)c2)cc1)c1cccc(O)c1. The predicted octanol–water partition coefficient (Wildman–Crippen LogP) is 3.81. The number of hydrogen-bond donors (Lipinski definition) is 2. The highest BCUT2D eigenvalue weighted by atomic mass is 16.5. The Bertz CT molecular complexity index is 898. The molecule has 6 nitrogen and oxygen atoms in total. The third-order valence-electron chi connectivity index (χ3n) is 3.93. The van der Waals surface area contributed by atoms with Crippen LogP contribution in [0.3, 0.4) is 0 Å². The van der Waals surface area contributed by atoms with Gasteiger partial charge in [0, 0.05) is 0 Å². The van der Waals surface area contributed by atoms with E-state index in [1.807, 2.05) is 0 Å². The van der Waals surface area contributed by atoms with Gasteiger partial charge in [0.05, 0.1) is 11.1 Å². The maximum absolute atomic E-state index is 12.0. The summed E-state index contributed by atoms with van der Waals surface area (Å²) in [5.41, 5.74) is 2.10. The molecule has 0 radical (unpaired) electrons. The Balaban J connectivity index is 1.51. The largest absolute Gasteiger partial charge is 0.508 e. The van der Waals surface area contributed by atoms with Crippen LogP contribution < -0.4 is 0 Å². The number of hydrogen-bond acceptors (Lipinski definition) is 6. The van der Waals surface area contributed by atoms with Crippen LogP contribution in [0.2, 0.25) is 0 Å². The van der Waals surface area contributed by atoms with Crippen molar-refractivity contribution in [3.8, 4) is 11.5 Å². The Morgan fingerprint density at radius 3 is 1.39 bits per heavy atom. The Hall–Kier alpha value is -3.80. The molecule has 0 saturated heterocycles. The number of esters is 2. The monoisotopic (exact) mass is 378 g/mol. The lowest BCUT2D eigenvalue weighted by molar-refractivity contribution is 0.0460. The van der Waals surface area contributed by atoms with Crippen LogP contribution in [-0.4, -0.2) is 22.2 Å². The Morgan fingerprint density at radius 2 is 1.04 bits per heavy atom. The molecule has 0 saturated carbocycles. The molecule has 0 aliphatic carbocycles. The van der Waals surface area contributed by atoms with Gasteiger partial charge in [0.2, 0.25) is 0 Å². The Kier molecular flexibility index (Phi) is 5.91. The first-order valence-corrected chi connectivity index (χ1v) is 8.51. The molecule has 28 heavy (non-hydrogen) atoms. The lowest BCUT2D eigenvalue weighted by atomic mass is 10.1. The number of benzene rings is 3. The molecule has 0 atom stereocenters. The molecule has 0 heterocycles. The highest BCUT2D eigenvalue weighted by molar-refractivity contribution is 5.90. The first-order chi connectivity index (χ1) is 13.5. The summed E-state index contributed by atoms with van der Waals surface area (Å²) in [6, 6.07) is 19.0. The quantitative estimate of drug-likeness (QED) is 0.634. The molecule has 6 heteroatoms. The van der Waals surface area contributed by atoms with Crippen LogP contribution in [0.1, 0.15) is 31.8 Å². The van der Waals surface area contributed by atoms with Crippen LogP contribution in [0.5, 0.6) is 11.5 Å².